The number of oxazole rings is 1. The van der Waals surface area contributed by atoms with E-state index in [1.54, 1.807) is 25.3 Å². The number of nitro benzene ring substituents is 1. The highest BCUT2D eigenvalue weighted by Gasteiger charge is 2.18. The van der Waals surface area contributed by atoms with Crippen molar-refractivity contribution in [2.24, 2.45) is 0 Å². The van der Waals surface area contributed by atoms with Gasteiger partial charge < -0.3 is 9.15 Å². The van der Waals surface area contributed by atoms with E-state index >= 15 is 0 Å². The van der Waals surface area contributed by atoms with Gasteiger partial charge in [0.15, 0.2) is 16.2 Å². The van der Waals surface area contributed by atoms with Gasteiger partial charge in [0.1, 0.15) is 11.3 Å². The van der Waals surface area contributed by atoms with Gasteiger partial charge in [-0.3, -0.25) is 15.4 Å². The number of hydrogen-bond donors (Lipinski definition) is 1. The Labute approximate surface area is 145 Å². The van der Waals surface area contributed by atoms with Crippen LogP contribution in [-0.2, 0) is 0 Å². The lowest BCUT2D eigenvalue weighted by Crippen LogP contribution is -1.91. The van der Waals surface area contributed by atoms with Crippen molar-refractivity contribution in [3.05, 3.63) is 46.0 Å². The van der Waals surface area contributed by atoms with Crippen molar-refractivity contribution in [1.29, 1.82) is 0 Å². The summed E-state index contributed by atoms with van der Waals surface area (Å²) < 4.78 is 11.5. The molecule has 25 heavy (non-hydrogen) atoms. The lowest BCUT2D eigenvalue weighted by atomic mass is 10.2. The van der Waals surface area contributed by atoms with Crippen LogP contribution < -0.4 is 10.1 Å². The van der Waals surface area contributed by atoms with Crippen LogP contribution in [0.4, 0.5) is 16.8 Å². The van der Waals surface area contributed by atoms with Gasteiger partial charge in [-0.25, -0.2) is 4.98 Å². The van der Waals surface area contributed by atoms with Gasteiger partial charge >= 0.3 is 6.01 Å². The molecule has 0 spiro atoms. The fraction of sp³-hybridized carbons (Fsp3) is 0.125. The van der Waals surface area contributed by atoms with Gasteiger partial charge in [0.05, 0.1) is 16.7 Å². The molecule has 0 radical (unpaired) electrons. The van der Waals surface area contributed by atoms with Crippen molar-refractivity contribution in [3.63, 3.8) is 0 Å². The summed E-state index contributed by atoms with van der Waals surface area (Å²) in [4.78, 5) is 19.4. The van der Waals surface area contributed by atoms with E-state index in [-0.39, 0.29) is 11.7 Å². The summed E-state index contributed by atoms with van der Waals surface area (Å²) >= 11 is 1.30. The first-order chi connectivity index (χ1) is 12.0. The standard InChI is InChI=1S/C16H12N4O4S/c1-8-5-11(20(21)22)14-13(6-8)25-16(18-14)19-15-17-10-7-9(23-2)3-4-12(10)24-15/h3-7H,1-2H3,(H,17,18,19). The Balaban J connectivity index is 1.73. The van der Waals surface area contributed by atoms with Crippen LogP contribution in [0.5, 0.6) is 5.75 Å². The molecule has 0 aliphatic carbocycles. The maximum Gasteiger partial charge on any atom is 0.302 e. The molecule has 4 rings (SSSR count). The first kappa shape index (κ1) is 15.3. The molecule has 0 atom stereocenters. The first-order valence-corrected chi connectivity index (χ1v) is 8.12. The molecule has 2 aromatic carbocycles. The van der Waals surface area contributed by atoms with Crippen molar-refractivity contribution in [2.75, 3.05) is 12.4 Å². The van der Waals surface area contributed by atoms with Crippen molar-refractivity contribution in [2.45, 2.75) is 6.92 Å². The first-order valence-electron chi connectivity index (χ1n) is 7.30. The van der Waals surface area contributed by atoms with Crippen molar-refractivity contribution < 1.29 is 14.1 Å². The molecule has 2 heterocycles. The predicted molar refractivity (Wildman–Crippen MR) is 94.9 cm³/mol. The highest BCUT2D eigenvalue weighted by Crippen LogP contribution is 2.35. The smallest absolute Gasteiger partial charge is 0.302 e. The molecule has 0 amide bonds. The van der Waals surface area contributed by atoms with Crippen LogP contribution in [0.1, 0.15) is 5.56 Å². The van der Waals surface area contributed by atoms with Crippen molar-refractivity contribution in [3.8, 4) is 5.75 Å². The summed E-state index contributed by atoms with van der Waals surface area (Å²) in [6.07, 6.45) is 0. The number of thiazole rings is 1. The summed E-state index contributed by atoms with van der Waals surface area (Å²) in [6, 6.07) is 8.94. The Morgan fingerprint density at radius 1 is 1.28 bits per heavy atom. The maximum atomic E-state index is 11.2. The third-order valence-electron chi connectivity index (χ3n) is 3.62. The Bertz CT molecular complexity index is 1120. The number of fused-ring (bicyclic) bond motifs is 2. The van der Waals surface area contributed by atoms with E-state index < -0.39 is 4.92 Å². The van der Waals surface area contributed by atoms with Crippen LogP contribution in [0.15, 0.2) is 34.7 Å². The highest BCUT2D eigenvalue weighted by atomic mass is 32.1. The van der Waals surface area contributed by atoms with E-state index in [0.29, 0.717) is 27.5 Å². The SMILES string of the molecule is COc1ccc2oc(Nc3nc4c([N+](=O)[O-])cc(C)cc4s3)nc2c1. The second-order valence-corrected chi connectivity index (χ2v) is 6.42. The predicted octanol–water partition coefficient (Wildman–Crippen LogP) is 4.41. The fourth-order valence-corrected chi connectivity index (χ4v) is 3.49. The lowest BCUT2D eigenvalue weighted by molar-refractivity contribution is -0.383. The zero-order valence-corrected chi connectivity index (χ0v) is 14.1. The minimum Gasteiger partial charge on any atom is -0.497 e. The summed E-state index contributed by atoms with van der Waals surface area (Å²) in [5.41, 5.74) is 2.39. The normalized spacial score (nSPS) is 11.1. The van der Waals surface area contributed by atoms with Gasteiger partial charge in [0.25, 0.3) is 5.69 Å². The number of aromatic nitrogens is 2. The third kappa shape index (κ3) is 2.74. The Morgan fingerprint density at radius 3 is 2.88 bits per heavy atom. The average Bonchev–Trinajstić information content (AvgIpc) is 3.15. The van der Waals surface area contributed by atoms with E-state index in [0.717, 1.165) is 10.3 Å². The number of methoxy groups -OCH3 is 1. The number of aryl methyl sites for hydroxylation is 1. The van der Waals surface area contributed by atoms with Gasteiger partial charge in [-0.05, 0) is 30.7 Å². The molecule has 0 bridgehead atoms. The van der Waals surface area contributed by atoms with E-state index in [1.807, 2.05) is 13.0 Å². The number of rotatable bonds is 4. The van der Waals surface area contributed by atoms with Crippen LogP contribution in [0.25, 0.3) is 21.3 Å². The quantitative estimate of drug-likeness (QED) is 0.427. The number of nitrogens with one attached hydrogen (secondary N) is 1. The maximum absolute atomic E-state index is 11.2. The Kier molecular flexibility index (Phi) is 3.50. The highest BCUT2D eigenvalue weighted by molar-refractivity contribution is 7.22. The van der Waals surface area contributed by atoms with Crippen molar-refractivity contribution >= 4 is 49.5 Å². The number of non-ortho nitro benzene ring substituents is 1. The molecule has 0 unspecified atom stereocenters. The molecular weight excluding hydrogens is 344 g/mol. The number of benzene rings is 2. The molecular formula is C16H12N4O4S. The number of nitro groups is 1. The second-order valence-electron chi connectivity index (χ2n) is 5.38. The molecule has 2 aromatic heterocycles. The van der Waals surface area contributed by atoms with Gasteiger partial charge in [-0.2, -0.15) is 4.98 Å². The molecule has 1 N–H and O–H groups in total. The summed E-state index contributed by atoms with van der Waals surface area (Å²) in [5.74, 6) is 0.679. The molecule has 0 fully saturated rings. The van der Waals surface area contributed by atoms with E-state index in [1.165, 1.54) is 17.4 Å². The second kappa shape index (κ2) is 5.71. The van der Waals surface area contributed by atoms with E-state index in [2.05, 4.69) is 15.3 Å². The molecule has 0 aliphatic heterocycles. The summed E-state index contributed by atoms with van der Waals surface area (Å²) in [7, 11) is 1.58. The Morgan fingerprint density at radius 2 is 2.12 bits per heavy atom. The van der Waals surface area contributed by atoms with Crippen LogP contribution in [0.2, 0.25) is 0 Å². The number of anilines is 2. The molecule has 126 valence electrons. The van der Waals surface area contributed by atoms with Crippen molar-refractivity contribution in [1.82, 2.24) is 9.97 Å². The van der Waals surface area contributed by atoms with E-state index in [4.69, 9.17) is 9.15 Å². The van der Waals surface area contributed by atoms with Gasteiger partial charge in [0.2, 0.25) is 0 Å². The molecule has 0 saturated carbocycles. The lowest BCUT2D eigenvalue weighted by Gasteiger charge is -1.95. The molecule has 4 aromatic rings. The van der Waals surface area contributed by atoms with E-state index in [9.17, 15) is 10.1 Å². The third-order valence-corrected chi connectivity index (χ3v) is 4.54. The van der Waals surface area contributed by atoms with Gasteiger partial charge in [0, 0.05) is 12.1 Å². The Hall–Kier alpha value is -3.20. The topological polar surface area (TPSA) is 103 Å². The fourth-order valence-electron chi connectivity index (χ4n) is 2.52. The van der Waals surface area contributed by atoms with Crippen LogP contribution >= 0.6 is 11.3 Å². The van der Waals surface area contributed by atoms with Gasteiger partial charge in [-0.15, -0.1) is 0 Å². The van der Waals surface area contributed by atoms with Crippen LogP contribution in [0, 0.1) is 17.0 Å². The molecule has 9 heteroatoms. The monoisotopic (exact) mass is 356 g/mol. The molecule has 0 saturated heterocycles. The zero-order chi connectivity index (χ0) is 17.6. The molecule has 0 aliphatic rings. The van der Waals surface area contributed by atoms with Crippen LogP contribution in [-0.4, -0.2) is 22.0 Å². The average molecular weight is 356 g/mol. The molecule has 8 nitrogen and oxygen atoms in total. The minimum atomic E-state index is -0.426. The number of hydrogen-bond acceptors (Lipinski definition) is 8. The number of ether oxygens (including phenoxy) is 1. The minimum absolute atomic E-state index is 0.0124. The van der Waals surface area contributed by atoms with Crippen LogP contribution in [0.3, 0.4) is 0 Å². The van der Waals surface area contributed by atoms with Gasteiger partial charge in [-0.1, -0.05) is 11.3 Å². The number of nitrogens with zero attached hydrogens (tertiary/aromatic N) is 3. The summed E-state index contributed by atoms with van der Waals surface area (Å²) in [5, 5.41) is 14.7. The zero-order valence-electron chi connectivity index (χ0n) is 13.3. The largest absolute Gasteiger partial charge is 0.497 e. The summed E-state index contributed by atoms with van der Waals surface area (Å²) in [6.45, 7) is 1.81.